The molecule has 27 heavy (non-hydrogen) atoms. The minimum absolute atomic E-state index is 0.0689. The Morgan fingerprint density at radius 3 is 2.96 bits per heavy atom. The lowest BCUT2D eigenvalue weighted by molar-refractivity contribution is -0.134. The summed E-state index contributed by atoms with van der Waals surface area (Å²) >= 11 is 0. The standard InChI is InChI=1S/C19H29N5O3/c1-4-27-18-15(26-3)8-12(9-20-18)13-7-11(2)17-14(22-13)10-24(19(17)25)16-5-6-21-23-16/h9,11-13,16-17,21,23H,4-8,10H2,1-3H3. The Morgan fingerprint density at radius 2 is 2.26 bits per heavy atom. The summed E-state index contributed by atoms with van der Waals surface area (Å²) in [5.41, 5.74) is 7.35. The van der Waals surface area contributed by atoms with Gasteiger partial charge in [0, 0.05) is 30.8 Å². The maximum atomic E-state index is 12.9. The molecule has 2 saturated heterocycles. The molecule has 1 amide bonds. The monoisotopic (exact) mass is 375 g/mol. The van der Waals surface area contributed by atoms with E-state index in [4.69, 9.17) is 14.5 Å². The first-order valence-corrected chi connectivity index (χ1v) is 9.92. The molecule has 4 heterocycles. The van der Waals surface area contributed by atoms with Crippen molar-refractivity contribution < 1.29 is 14.3 Å². The predicted octanol–water partition coefficient (Wildman–Crippen LogP) is 1.06. The number of carbonyl (C=O) groups is 1. The third-order valence-corrected chi connectivity index (χ3v) is 6.01. The zero-order chi connectivity index (χ0) is 19.0. The predicted molar refractivity (Wildman–Crippen MR) is 102 cm³/mol. The number of carbonyl (C=O) groups excluding carboxylic acids is 1. The number of allylic oxidation sites excluding steroid dienone is 1. The van der Waals surface area contributed by atoms with E-state index in [2.05, 4.69) is 22.8 Å². The number of methoxy groups -OCH3 is 1. The molecule has 0 bridgehead atoms. The van der Waals surface area contributed by atoms with Gasteiger partial charge in [-0.3, -0.25) is 15.2 Å². The van der Waals surface area contributed by atoms with Crippen LogP contribution in [-0.2, 0) is 14.3 Å². The van der Waals surface area contributed by atoms with Crippen molar-refractivity contribution in [3.63, 3.8) is 0 Å². The third kappa shape index (κ3) is 3.36. The quantitative estimate of drug-likeness (QED) is 0.750. The molecule has 0 aromatic rings. The number of rotatable bonds is 5. The summed E-state index contributed by atoms with van der Waals surface area (Å²) < 4.78 is 11.1. The van der Waals surface area contributed by atoms with Gasteiger partial charge in [0.25, 0.3) is 5.88 Å². The number of amides is 1. The Bertz CT molecular complexity index is 683. The molecule has 0 aromatic carbocycles. The van der Waals surface area contributed by atoms with Gasteiger partial charge in [0.2, 0.25) is 5.91 Å². The molecule has 4 aliphatic heterocycles. The lowest BCUT2D eigenvalue weighted by Gasteiger charge is -2.32. The molecular formula is C19H29N5O3. The van der Waals surface area contributed by atoms with Crippen LogP contribution in [0.3, 0.4) is 0 Å². The van der Waals surface area contributed by atoms with E-state index in [1.807, 2.05) is 18.0 Å². The van der Waals surface area contributed by atoms with Crippen molar-refractivity contribution in [2.75, 3.05) is 26.8 Å². The Balaban J connectivity index is 1.51. The first kappa shape index (κ1) is 18.4. The normalized spacial score (nSPS) is 36.1. The number of fused-ring (bicyclic) bond motifs is 1. The highest BCUT2D eigenvalue weighted by atomic mass is 16.5. The van der Waals surface area contributed by atoms with Gasteiger partial charge in [-0.15, -0.1) is 0 Å². The van der Waals surface area contributed by atoms with Crippen molar-refractivity contribution in [2.24, 2.45) is 27.7 Å². The van der Waals surface area contributed by atoms with Crippen LogP contribution < -0.4 is 10.9 Å². The van der Waals surface area contributed by atoms with Crippen molar-refractivity contribution in [2.45, 2.75) is 45.3 Å². The van der Waals surface area contributed by atoms with Gasteiger partial charge >= 0.3 is 0 Å². The van der Waals surface area contributed by atoms with E-state index in [9.17, 15) is 4.79 Å². The molecule has 8 heteroatoms. The summed E-state index contributed by atoms with van der Waals surface area (Å²) in [7, 11) is 1.66. The summed E-state index contributed by atoms with van der Waals surface area (Å²) in [6, 6.07) is 0.130. The fourth-order valence-corrected chi connectivity index (χ4v) is 4.64. The number of nitrogens with zero attached hydrogens (tertiary/aromatic N) is 3. The maximum absolute atomic E-state index is 12.9. The van der Waals surface area contributed by atoms with E-state index in [-0.39, 0.29) is 35.9 Å². The minimum Gasteiger partial charge on any atom is -0.495 e. The molecule has 8 nitrogen and oxygen atoms in total. The van der Waals surface area contributed by atoms with Gasteiger partial charge in [0.15, 0.2) is 5.76 Å². The molecular weight excluding hydrogens is 346 g/mol. The van der Waals surface area contributed by atoms with Crippen molar-refractivity contribution in [1.29, 1.82) is 0 Å². The molecule has 4 aliphatic rings. The van der Waals surface area contributed by atoms with E-state index in [0.29, 0.717) is 19.0 Å². The minimum atomic E-state index is -0.0689. The molecule has 2 fully saturated rings. The summed E-state index contributed by atoms with van der Waals surface area (Å²) in [5.74, 6) is 1.97. The summed E-state index contributed by atoms with van der Waals surface area (Å²) in [5, 5.41) is 0. The number of hydrazine groups is 1. The molecule has 0 radical (unpaired) electrons. The lowest BCUT2D eigenvalue weighted by Crippen LogP contribution is -2.46. The molecule has 2 N–H and O–H groups in total. The van der Waals surface area contributed by atoms with E-state index in [1.54, 1.807) is 7.11 Å². The molecule has 0 aromatic heterocycles. The van der Waals surface area contributed by atoms with Gasteiger partial charge in [-0.1, -0.05) is 6.92 Å². The van der Waals surface area contributed by atoms with E-state index < -0.39 is 0 Å². The number of hydrogen-bond acceptors (Lipinski definition) is 7. The van der Waals surface area contributed by atoms with Crippen LogP contribution in [0.15, 0.2) is 21.6 Å². The van der Waals surface area contributed by atoms with Gasteiger partial charge in [-0.05, 0) is 25.7 Å². The first-order valence-electron chi connectivity index (χ1n) is 9.92. The van der Waals surface area contributed by atoms with Crippen molar-refractivity contribution in [3.8, 4) is 0 Å². The molecule has 0 aliphatic carbocycles. The maximum Gasteiger partial charge on any atom is 0.252 e. The van der Waals surface area contributed by atoms with Crippen LogP contribution >= 0.6 is 0 Å². The zero-order valence-electron chi connectivity index (χ0n) is 16.3. The number of nitrogens with one attached hydrogen (secondary N) is 2. The second kappa shape index (κ2) is 7.59. The average Bonchev–Trinajstić information content (AvgIpc) is 3.30. The molecule has 0 saturated carbocycles. The van der Waals surface area contributed by atoms with Gasteiger partial charge in [-0.2, -0.15) is 0 Å². The van der Waals surface area contributed by atoms with Crippen LogP contribution in [0, 0.1) is 17.8 Å². The highest BCUT2D eigenvalue weighted by Crippen LogP contribution is 2.37. The SMILES string of the molecule is CCOC1=C(OC)CC(C2CC(C)C3C(=O)N(C4CCNN4)CC3=N2)C=N1. The average molecular weight is 375 g/mol. The number of ether oxygens (including phenoxy) is 2. The number of likely N-dealkylation sites (tertiary alicyclic amines) is 1. The molecule has 4 rings (SSSR count). The zero-order valence-corrected chi connectivity index (χ0v) is 16.3. The Hall–Kier alpha value is -1.93. The Kier molecular flexibility index (Phi) is 5.19. The van der Waals surface area contributed by atoms with E-state index in [0.717, 1.165) is 37.3 Å². The fraction of sp³-hybridized carbons (Fsp3) is 0.737. The summed E-state index contributed by atoms with van der Waals surface area (Å²) in [6.07, 6.45) is 4.58. The molecule has 148 valence electrons. The second-order valence-corrected chi connectivity index (χ2v) is 7.73. The molecule has 0 spiro atoms. The highest BCUT2D eigenvalue weighted by molar-refractivity contribution is 6.12. The highest BCUT2D eigenvalue weighted by Gasteiger charge is 2.47. The first-order chi connectivity index (χ1) is 13.1. The number of hydrogen-bond donors (Lipinski definition) is 2. The van der Waals surface area contributed by atoms with E-state index in [1.165, 1.54) is 0 Å². The summed E-state index contributed by atoms with van der Waals surface area (Å²) in [4.78, 5) is 24.4. The van der Waals surface area contributed by atoms with Gasteiger partial charge < -0.3 is 14.4 Å². The lowest BCUT2D eigenvalue weighted by atomic mass is 9.79. The van der Waals surface area contributed by atoms with Gasteiger partial charge in [-0.25, -0.2) is 10.4 Å². The van der Waals surface area contributed by atoms with Crippen LogP contribution in [0.1, 0.15) is 33.1 Å². The summed E-state index contributed by atoms with van der Waals surface area (Å²) in [6.45, 7) is 6.19. The smallest absolute Gasteiger partial charge is 0.252 e. The van der Waals surface area contributed by atoms with Crippen molar-refractivity contribution >= 4 is 17.8 Å². The Labute approximate surface area is 160 Å². The topological polar surface area (TPSA) is 87.5 Å². The van der Waals surface area contributed by atoms with Crippen LogP contribution in [0.5, 0.6) is 0 Å². The van der Waals surface area contributed by atoms with Crippen molar-refractivity contribution in [1.82, 2.24) is 15.8 Å². The Morgan fingerprint density at radius 1 is 1.41 bits per heavy atom. The molecule has 5 unspecified atom stereocenters. The fourth-order valence-electron chi connectivity index (χ4n) is 4.64. The van der Waals surface area contributed by atoms with Crippen LogP contribution in [0.25, 0.3) is 0 Å². The number of aliphatic imine (C=N–C) groups is 2. The van der Waals surface area contributed by atoms with Crippen LogP contribution in [-0.4, -0.2) is 61.7 Å². The largest absolute Gasteiger partial charge is 0.495 e. The van der Waals surface area contributed by atoms with Crippen LogP contribution in [0.4, 0.5) is 0 Å². The third-order valence-electron chi connectivity index (χ3n) is 6.01. The van der Waals surface area contributed by atoms with Crippen molar-refractivity contribution in [3.05, 3.63) is 11.6 Å². The van der Waals surface area contributed by atoms with Gasteiger partial charge in [0.05, 0.1) is 38.4 Å². The van der Waals surface area contributed by atoms with Gasteiger partial charge in [0.1, 0.15) is 0 Å². The molecule has 5 atom stereocenters. The van der Waals surface area contributed by atoms with E-state index >= 15 is 0 Å². The second-order valence-electron chi connectivity index (χ2n) is 7.73. The van der Waals surface area contributed by atoms with Crippen LogP contribution in [0.2, 0.25) is 0 Å².